The Hall–Kier alpha value is -0.900. The highest BCUT2D eigenvalue weighted by atomic mass is 16.4. The molecule has 2 atom stereocenters. The smallest absolute Gasteiger partial charge is 0.321 e. The maximum Gasteiger partial charge on any atom is 0.321 e. The molecule has 1 rings (SSSR count). The fourth-order valence-corrected chi connectivity index (χ4v) is 2.16. The monoisotopic (exact) mass is 213 g/mol. The van der Waals surface area contributed by atoms with Crippen molar-refractivity contribution in [3.05, 3.63) is 0 Å². The number of likely N-dealkylation sites (tertiary alicyclic amines) is 1. The minimum atomic E-state index is -0.786. The molecule has 1 aliphatic rings. The average molecular weight is 213 g/mol. The first-order valence-electron chi connectivity index (χ1n) is 5.43. The summed E-state index contributed by atoms with van der Waals surface area (Å²) < 4.78 is 0. The zero-order valence-corrected chi connectivity index (χ0v) is 9.56. The van der Waals surface area contributed by atoms with E-state index in [1.807, 2.05) is 25.7 Å². The van der Waals surface area contributed by atoms with E-state index in [1.165, 1.54) is 0 Å². The Labute approximate surface area is 90.3 Å². The molecule has 1 saturated heterocycles. The molecule has 0 saturated carbocycles. The van der Waals surface area contributed by atoms with Crippen molar-refractivity contribution < 1.29 is 14.7 Å². The van der Waals surface area contributed by atoms with Gasteiger partial charge in [-0.15, -0.1) is 0 Å². The highest BCUT2D eigenvalue weighted by molar-refractivity contribution is 5.82. The van der Waals surface area contributed by atoms with Gasteiger partial charge in [-0.3, -0.25) is 14.5 Å². The number of carboxylic acid groups (broad SMARTS) is 1. The number of hydrogen-bond acceptors (Lipinski definition) is 3. The van der Waals surface area contributed by atoms with Crippen molar-refractivity contribution in [1.29, 1.82) is 0 Å². The number of ketones is 1. The molecule has 1 aliphatic heterocycles. The number of rotatable bonds is 3. The summed E-state index contributed by atoms with van der Waals surface area (Å²) in [7, 11) is 0. The van der Waals surface area contributed by atoms with Crippen molar-refractivity contribution in [2.45, 2.75) is 33.2 Å². The van der Waals surface area contributed by atoms with Gasteiger partial charge in [-0.1, -0.05) is 20.8 Å². The number of hydrogen-bond donors (Lipinski definition) is 1. The zero-order chi connectivity index (χ0) is 11.6. The van der Waals surface area contributed by atoms with Gasteiger partial charge in [0.2, 0.25) is 0 Å². The van der Waals surface area contributed by atoms with Gasteiger partial charge in [-0.25, -0.2) is 0 Å². The van der Waals surface area contributed by atoms with Crippen LogP contribution in [0, 0.1) is 11.8 Å². The van der Waals surface area contributed by atoms with Gasteiger partial charge in [0.05, 0.1) is 0 Å². The second-order valence-corrected chi connectivity index (χ2v) is 4.64. The molecule has 0 aromatic heterocycles. The van der Waals surface area contributed by atoms with Crippen LogP contribution < -0.4 is 0 Å². The lowest BCUT2D eigenvalue weighted by Crippen LogP contribution is -2.51. The molecule has 15 heavy (non-hydrogen) atoms. The summed E-state index contributed by atoms with van der Waals surface area (Å²) in [6, 6.07) is -0.458. The van der Waals surface area contributed by atoms with Crippen LogP contribution in [-0.2, 0) is 9.59 Å². The van der Waals surface area contributed by atoms with E-state index in [2.05, 4.69) is 0 Å². The van der Waals surface area contributed by atoms with E-state index in [9.17, 15) is 9.59 Å². The first-order valence-corrected chi connectivity index (χ1v) is 5.43. The number of Topliss-reactive ketones (excluding diaryl/α,β-unsaturated/α-hetero) is 1. The lowest BCUT2D eigenvalue weighted by Gasteiger charge is -2.36. The van der Waals surface area contributed by atoms with Gasteiger partial charge in [0.1, 0.15) is 11.8 Å². The van der Waals surface area contributed by atoms with Gasteiger partial charge >= 0.3 is 5.97 Å². The molecule has 4 heteroatoms. The Morgan fingerprint density at radius 3 is 2.53 bits per heavy atom. The van der Waals surface area contributed by atoms with E-state index in [1.54, 1.807) is 0 Å². The molecule has 0 aliphatic carbocycles. The minimum absolute atomic E-state index is 0.0284. The SMILES string of the molecule is CC1CN(C(C(=O)O)C(C)C)CCC1=O. The van der Waals surface area contributed by atoms with Crippen LogP contribution >= 0.6 is 0 Å². The fraction of sp³-hybridized carbons (Fsp3) is 0.818. The van der Waals surface area contributed by atoms with Gasteiger partial charge < -0.3 is 5.11 Å². The molecule has 86 valence electrons. The molecule has 1 heterocycles. The first-order chi connectivity index (χ1) is 6.93. The van der Waals surface area contributed by atoms with Crippen molar-refractivity contribution >= 4 is 11.8 Å². The van der Waals surface area contributed by atoms with Crippen molar-refractivity contribution in [2.24, 2.45) is 11.8 Å². The van der Waals surface area contributed by atoms with Gasteiger partial charge in [-0.05, 0) is 5.92 Å². The zero-order valence-electron chi connectivity index (χ0n) is 9.56. The predicted molar refractivity (Wildman–Crippen MR) is 56.6 cm³/mol. The summed E-state index contributed by atoms with van der Waals surface area (Å²) >= 11 is 0. The molecule has 0 radical (unpaired) electrons. The van der Waals surface area contributed by atoms with Crippen LogP contribution in [0.5, 0.6) is 0 Å². The molecule has 0 spiro atoms. The Morgan fingerprint density at radius 1 is 1.53 bits per heavy atom. The maximum absolute atomic E-state index is 11.3. The maximum atomic E-state index is 11.3. The highest BCUT2D eigenvalue weighted by Gasteiger charge is 2.33. The average Bonchev–Trinajstić information content (AvgIpc) is 2.10. The lowest BCUT2D eigenvalue weighted by molar-refractivity contribution is -0.147. The molecule has 2 unspecified atom stereocenters. The number of carbonyl (C=O) groups is 2. The topological polar surface area (TPSA) is 57.6 Å². The molecule has 0 amide bonds. The third-order valence-electron chi connectivity index (χ3n) is 2.98. The summed E-state index contributed by atoms with van der Waals surface area (Å²) in [5.74, 6) is -0.493. The number of aliphatic carboxylic acids is 1. The van der Waals surface area contributed by atoms with Crippen LogP contribution in [0.25, 0.3) is 0 Å². The lowest BCUT2D eigenvalue weighted by atomic mass is 9.94. The normalized spacial score (nSPS) is 25.6. The Bertz CT molecular complexity index is 263. The number of nitrogens with zero attached hydrogens (tertiary/aromatic N) is 1. The summed E-state index contributed by atoms with van der Waals surface area (Å²) in [5, 5.41) is 9.12. The Balaban J connectivity index is 2.70. The van der Waals surface area contributed by atoms with E-state index in [4.69, 9.17) is 5.11 Å². The van der Waals surface area contributed by atoms with Crippen LogP contribution in [0.2, 0.25) is 0 Å². The van der Waals surface area contributed by atoms with Gasteiger partial charge in [0.15, 0.2) is 0 Å². The van der Waals surface area contributed by atoms with E-state index in [-0.39, 0.29) is 17.6 Å². The van der Waals surface area contributed by atoms with E-state index >= 15 is 0 Å². The molecule has 0 bridgehead atoms. The summed E-state index contributed by atoms with van der Waals surface area (Å²) in [4.78, 5) is 24.3. The predicted octanol–water partition coefficient (Wildman–Crippen LogP) is 1.01. The molecule has 1 N–H and O–H groups in total. The van der Waals surface area contributed by atoms with E-state index in [0.717, 1.165) is 0 Å². The van der Waals surface area contributed by atoms with Crippen LogP contribution in [0.15, 0.2) is 0 Å². The number of piperidine rings is 1. The third kappa shape index (κ3) is 2.78. The molecular weight excluding hydrogens is 194 g/mol. The fourth-order valence-electron chi connectivity index (χ4n) is 2.16. The van der Waals surface area contributed by atoms with Crippen molar-refractivity contribution in [1.82, 2.24) is 4.90 Å². The second-order valence-electron chi connectivity index (χ2n) is 4.64. The summed E-state index contributed by atoms with van der Waals surface area (Å²) in [5.41, 5.74) is 0. The number of carboxylic acids is 1. The Kier molecular flexibility index (Phi) is 3.85. The van der Waals surface area contributed by atoms with Gasteiger partial charge in [0, 0.05) is 25.4 Å². The molecule has 0 aromatic rings. The molecule has 1 fully saturated rings. The van der Waals surface area contributed by atoms with Crippen LogP contribution in [-0.4, -0.2) is 40.9 Å². The van der Waals surface area contributed by atoms with Gasteiger partial charge in [0.25, 0.3) is 0 Å². The summed E-state index contributed by atoms with van der Waals surface area (Å²) in [6.07, 6.45) is 0.484. The number of carbonyl (C=O) groups excluding carboxylic acids is 1. The standard InChI is InChI=1S/C11H19NO3/c1-7(2)10(11(14)15)12-5-4-9(13)8(3)6-12/h7-8,10H,4-6H2,1-3H3,(H,14,15). The summed E-state index contributed by atoms with van der Waals surface area (Å²) in [6.45, 7) is 6.83. The largest absolute Gasteiger partial charge is 0.480 e. The van der Waals surface area contributed by atoms with E-state index in [0.29, 0.717) is 19.5 Å². The van der Waals surface area contributed by atoms with Crippen LogP contribution in [0.3, 0.4) is 0 Å². The third-order valence-corrected chi connectivity index (χ3v) is 2.98. The first kappa shape index (κ1) is 12.2. The quantitative estimate of drug-likeness (QED) is 0.760. The van der Waals surface area contributed by atoms with E-state index < -0.39 is 12.0 Å². The van der Waals surface area contributed by atoms with Crippen molar-refractivity contribution in [3.8, 4) is 0 Å². The van der Waals surface area contributed by atoms with Crippen molar-refractivity contribution in [3.63, 3.8) is 0 Å². The minimum Gasteiger partial charge on any atom is -0.480 e. The molecule has 4 nitrogen and oxygen atoms in total. The van der Waals surface area contributed by atoms with Crippen molar-refractivity contribution in [2.75, 3.05) is 13.1 Å². The highest BCUT2D eigenvalue weighted by Crippen LogP contribution is 2.19. The van der Waals surface area contributed by atoms with Crippen LogP contribution in [0.4, 0.5) is 0 Å². The molecule has 0 aromatic carbocycles. The van der Waals surface area contributed by atoms with Crippen LogP contribution in [0.1, 0.15) is 27.2 Å². The molecular formula is C11H19NO3. The van der Waals surface area contributed by atoms with Gasteiger partial charge in [-0.2, -0.15) is 0 Å². The Morgan fingerprint density at radius 2 is 2.13 bits per heavy atom. The second kappa shape index (κ2) is 4.75.